The van der Waals surface area contributed by atoms with Crippen LogP contribution in [0, 0.1) is 6.92 Å². The summed E-state index contributed by atoms with van der Waals surface area (Å²) in [4.78, 5) is 5.79. The van der Waals surface area contributed by atoms with E-state index in [1.807, 2.05) is 54.3 Å². The van der Waals surface area contributed by atoms with E-state index in [1.54, 1.807) is 19.2 Å². The maximum absolute atomic E-state index is 12.5. The van der Waals surface area contributed by atoms with Gasteiger partial charge in [0.05, 0.1) is 23.4 Å². The largest absolute Gasteiger partial charge is 0.497 e. The molecule has 3 rings (SSSR count). The van der Waals surface area contributed by atoms with Gasteiger partial charge in [0.15, 0.2) is 4.80 Å². The highest BCUT2D eigenvalue weighted by atomic mass is 32.2. The number of aryl methyl sites for hydroxylation is 1. The lowest BCUT2D eigenvalue weighted by Crippen LogP contribution is -2.22. The van der Waals surface area contributed by atoms with E-state index in [2.05, 4.69) is 0 Å². The van der Waals surface area contributed by atoms with Gasteiger partial charge in [0.2, 0.25) is 10.0 Å². The molecule has 0 aliphatic heterocycles. The van der Waals surface area contributed by atoms with Crippen molar-refractivity contribution >= 4 is 27.0 Å². The Bertz CT molecular complexity index is 1160. The summed E-state index contributed by atoms with van der Waals surface area (Å²) in [6.45, 7) is 1.97. The number of hydrogen-bond acceptors (Lipinski definition) is 5. The van der Waals surface area contributed by atoms with Gasteiger partial charge in [-0.3, -0.25) is 0 Å². The standard InChI is InChI=1S/C20H23N3O3S2/c1-14-6-11-17(28(24,25)22(2)3)12-18(14)19-13-27-20(23(19)4)21-15-7-9-16(26-5)10-8-15/h6-13H,1-5H3. The van der Waals surface area contributed by atoms with Crippen LogP contribution in [0.5, 0.6) is 5.75 Å². The summed E-state index contributed by atoms with van der Waals surface area (Å²) in [6.07, 6.45) is 0. The Balaban J connectivity index is 2.07. The van der Waals surface area contributed by atoms with Gasteiger partial charge in [-0.1, -0.05) is 6.07 Å². The number of methoxy groups -OCH3 is 1. The summed E-state index contributed by atoms with van der Waals surface area (Å²) >= 11 is 1.51. The number of aromatic nitrogens is 1. The van der Waals surface area contributed by atoms with Crippen molar-refractivity contribution in [1.29, 1.82) is 0 Å². The normalized spacial score (nSPS) is 12.6. The average Bonchev–Trinajstić information content (AvgIpc) is 3.02. The van der Waals surface area contributed by atoms with E-state index in [-0.39, 0.29) is 4.90 Å². The second-order valence-electron chi connectivity index (χ2n) is 6.54. The third-order valence-electron chi connectivity index (χ3n) is 4.48. The Morgan fingerprint density at radius 3 is 2.39 bits per heavy atom. The zero-order valence-corrected chi connectivity index (χ0v) is 18.1. The molecule has 0 unspecified atom stereocenters. The van der Waals surface area contributed by atoms with E-state index in [0.717, 1.165) is 33.1 Å². The van der Waals surface area contributed by atoms with E-state index in [9.17, 15) is 8.42 Å². The number of hydrogen-bond donors (Lipinski definition) is 0. The molecule has 6 nitrogen and oxygen atoms in total. The van der Waals surface area contributed by atoms with Gasteiger partial charge in [-0.05, 0) is 48.9 Å². The van der Waals surface area contributed by atoms with Crippen LogP contribution >= 0.6 is 11.3 Å². The fraction of sp³-hybridized carbons (Fsp3) is 0.250. The first-order chi connectivity index (χ1) is 13.2. The minimum Gasteiger partial charge on any atom is -0.497 e. The lowest BCUT2D eigenvalue weighted by atomic mass is 10.1. The van der Waals surface area contributed by atoms with Crippen LogP contribution < -0.4 is 9.54 Å². The molecule has 2 aromatic carbocycles. The van der Waals surface area contributed by atoms with Crippen molar-refractivity contribution in [1.82, 2.24) is 8.87 Å². The molecule has 0 radical (unpaired) electrons. The molecule has 0 fully saturated rings. The number of benzene rings is 2. The topological polar surface area (TPSA) is 63.9 Å². The Kier molecular flexibility index (Phi) is 5.74. The monoisotopic (exact) mass is 417 g/mol. The maximum Gasteiger partial charge on any atom is 0.242 e. The minimum atomic E-state index is -3.49. The lowest BCUT2D eigenvalue weighted by molar-refractivity contribution is 0.415. The molecule has 0 atom stereocenters. The van der Waals surface area contributed by atoms with Gasteiger partial charge in [-0.15, -0.1) is 11.3 Å². The SMILES string of the molecule is COc1ccc(N=c2scc(-c3cc(S(=O)(=O)N(C)C)ccc3C)n2C)cc1. The van der Waals surface area contributed by atoms with Crippen molar-refractivity contribution in [2.75, 3.05) is 21.2 Å². The predicted molar refractivity (Wildman–Crippen MR) is 113 cm³/mol. The number of rotatable bonds is 5. The van der Waals surface area contributed by atoms with E-state index in [4.69, 9.17) is 9.73 Å². The molecule has 1 aromatic heterocycles. The second-order valence-corrected chi connectivity index (χ2v) is 9.52. The highest BCUT2D eigenvalue weighted by molar-refractivity contribution is 7.89. The van der Waals surface area contributed by atoms with E-state index in [0.29, 0.717) is 0 Å². The number of sulfonamides is 1. The van der Waals surface area contributed by atoms with Crippen molar-refractivity contribution in [2.45, 2.75) is 11.8 Å². The van der Waals surface area contributed by atoms with Crippen LogP contribution in [-0.2, 0) is 17.1 Å². The van der Waals surface area contributed by atoms with Gasteiger partial charge in [0.1, 0.15) is 5.75 Å². The van der Waals surface area contributed by atoms with Crippen LogP contribution in [0.1, 0.15) is 5.56 Å². The Hall–Kier alpha value is -2.42. The van der Waals surface area contributed by atoms with Crippen molar-refractivity contribution in [3.63, 3.8) is 0 Å². The smallest absolute Gasteiger partial charge is 0.242 e. The molecule has 0 aliphatic rings. The Morgan fingerprint density at radius 1 is 1.11 bits per heavy atom. The second kappa shape index (κ2) is 7.90. The van der Waals surface area contributed by atoms with Crippen molar-refractivity contribution in [2.24, 2.45) is 12.0 Å². The molecule has 148 valence electrons. The molecule has 8 heteroatoms. The van der Waals surface area contributed by atoms with Crippen LogP contribution in [0.2, 0.25) is 0 Å². The van der Waals surface area contributed by atoms with Gasteiger partial charge in [-0.25, -0.2) is 17.7 Å². The minimum absolute atomic E-state index is 0.276. The molecule has 3 aromatic rings. The van der Waals surface area contributed by atoms with Crippen LogP contribution in [-0.4, -0.2) is 38.5 Å². The zero-order valence-electron chi connectivity index (χ0n) is 16.5. The van der Waals surface area contributed by atoms with Gasteiger partial charge in [0.25, 0.3) is 0 Å². The summed E-state index contributed by atoms with van der Waals surface area (Å²) in [6, 6.07) is 12.7. The fourth-order valence-corrected chi connectivity index (χ4v) is 4.58. The third-order valence-corrected chi connectivity index (χ3v) is 7.21. The van der Waals surface area contributed by atoms with Crippen molar-refractivity contribution < 1.29 is 13.2 Å². The van der Waals surface area contributed by atoms with Crippen LogP contribution in [0.25, 0.3) is 11.3 Å². The van der Waals surface area contributed by atoms with Gasteiger partial charge < -0.3 is 9.30 Å². The summed E-state index contributed by atoms with van der Waals surface area (Å²) in [5.41, 5.74) is 3.62. The molecule has 0 N–H and O–H groups in total. The number of thiazole rings is 1. The van der Waals surface area contributed by atoms with Crippen molar-refractivity contribution in [3.05, 3.63) is 58.2 Å². The fourth-order valence-electron chi connectivity index (χ4n) is 2.73. The maximum atomic E-state index is 12.5. The van der Waals surface area contributed by atoms with Crippen LogP contribution in [0.3, 0.4) is 0 Å². The molecular weight excluding hydrogens is 394 g/mol. The highest BCUT2D eigenvalue weighted by Crippen LogP contribution is 2.27. The van der Waals surface area contributed by atoms with Crippen LogP contribution in [0.4, 0.5) is 5.69 Å². The summed E-state index contributed by atoms with van der Waals surface area (Å²) in [5.74, 6) is 0.782. The Labute approximate surface area is 169 Å². The summed E-state index contributed by atoms with van der Waals surface area (Å²) in [7, 11) is 3.13. The highest BCUT2D eigenvalue weighted by Gasteiger charge is 2.19. The number of ether oxygens (including phenoxy) is 1. The van der Waals surface area contributed by atoms with Gasteiger partial charge in [-0.2, -0.15) is 0 Å². The first-order valence-corrected chi connectivity index (χ1v) is 10.9. The quantitative estimate of drug-likeness (QED) is 0.638. The number of nitrogens with zero attached hydrogens (tertiary/aromatic N) is 3. The molecule has 28 heavy (non-hydrogen) atoms. The summed E-state index contributed by atoms with van der Waals surface area (Å²) in [5, 5.41) is 2.00. The first kappa shape index (κ1) is 20.3. The average molecular weight is 418 g/mol. The van der Waals surface area contributed by atoms with Gasteiger partial charge in [0, 0.05) is 32.1 Å². The molecular formula is C20H23N3O3S2. The third kappa shape index (κ3) is 3.89. The van der Waals surface area contributed by atoms with E-state index in [1.165, 1.54) is 29.7 Å². The van der Waals surface area contributed by atoms with E-state index >= 15 is 0 Å². The zero-order chi connectivity index (χ0) is 20.5. The molecule has 0 amide bonds. The van der Waals surface area contributed by atoms with Gasteiger partial charge >= 0.3 is 0 Å². The molecule has 0 spiro atoms. The Morgan fingerprint density at radius 2 is 1.79 bits per heavy atom. The molecule has 1 heterocycles. The first-order valence-electron chi connectivity index (χ1n) is 8.61. The lowest BCUT2D eigenvalue weighted by Gasteiger charge is -2.14. The van der Waals surface area contributed by atoms with Crippen molar-refractivity contribution in [3.8, 4) is 17.0 Å². The molecule has 0 saturated carbocycles. The molecule has 0 bridgehead atoms. The predicted octanol–water partition coefficient (Wildman–Crippen LogP) is 3.55. The van der Waals surface area contributed by atoms with E-state index < -0.39 is 10.0 Å². The summed E-state index contributed by atoms with van der Waals surface area (Å²) < 4.78 is 33.4. The van der Waals surface area contributed by atoms with Crippen LogP contribution in [0.15, 0.2) is 57.7 Å². The molecule has 0 saturated heterocycles. The molecule has 0 aliphatic carbocycles.